The number of morpholine rings is 1. The van der Waals surface area contributed by atoms with E-state index >= 15 is 0 Å². The van der Waals surface area contributed by atoms with Crippen molar-refractivity contribution in [2.24, 2.45) is 0 Å². The van der Waals surface area contributed by atoms with Gasteiger partial charge in [-0.05, 0) is 18.6 Å². The van der Waals surface area contributed by atoms with Crippen LogP contribution in [0.3, 0.4) is 0 Å². The van der Waals surface area contributed by atoms with E-state index in [4.69, 9.17) is 16.3 Å². The molecule has 1 spiro atoms. The quantitative estimate of drug-likeness (QED) is 0.817. The maximum atomic E-state index is 12.3. The summed E-state index contributed by atoms with van der Waals surface area (Å²) < 4.78 is 5.63. The van der Waals surface area contributed by atoms with Crippen molar-refractivity contribution in [3.05, 3.63) is 29.0 Å². The summed E-state index contributed by atoms with van der Waals surface area (Å²) in [5.74, 6) is -0.251. The topological polar surface area (TPSA) is 71.5 Å². The Bertz CT molecular complexity index is 536. The number of nitrogens with zero attached hydrogens (tertiary/aromatic N) is 2. The van der Waals surface area contributed by atoms with E-state index in [0.29, 0.717) is 36.8 Å². The highest BCUT2D eigenvalue weighted by molar-refractivity contribution is 6.30. The molecule has 0 aromatic carbocycles. The zero-order chi connectivity index (χ0) is 14.2. The van der Waals surface area contributed by atoms with Crippen LogP contribution in [0.1, 0.15) is 16.9 Å². The molecule has 2 aliphatic heterocycles. The molecule has 1 N–H and O–H groups in total. The summed E-state index contributed by atoms with van der Waals surface area (Å²) in [4.78, 5) is 29.2. The summed E-state index contributed by atoms with van der Waals surface area (Å²) in [6.07, 6.45) is 2.17. The minimum absolute atomic E-state index is 0.0568. The van der Waals surface area contributed by atoms with E-state index in [1.165, 1.54) is 6.20 Å². The lowest BCUT2D eigenvalue weighted by atomic mass is 10.0. The van der Waals surface area contributed by atoms with Crippen molar-refractivity contribution in [2.75, 3.05) is 26.2 Å². The Hall–Kier alpha value is -1.66. The molecular weight excluding hydrogens is 282 g/mol. The Kier molecular flexibility index (Phi) is 3.35. The van der Waals surface area contributed by atoms with Crippen LogP contribution < -0.4 is 5.32 Å². The Morgan fingerprint density at radius 1 is 1.50 bits per heavy atom. The van der Waals surface area contributed by atoms with E-state index in [1.807, 2.05) is 0 Å². The molecule has 1 aromatic rings. The average Bonchev–Trinajstić information content (AvgIpc) is 2.87. The van der Waals surface area contributed by atoms with Gasteiger partial charge in [-0.1, -0.05) is 11.6 Å². The fourth-order valence-corrected chi connectivity index (χ4v) is 2.64. The zero-order valence-corrected chi connectivity index (χ0v) is 11.5. The van der Waals surface area contributed by atoms with Gasteiger partial charge in [0.1, 0.15) is 17.9 Å². The van der Waals surface area contributed by atoms with Crippen molar-refractivity contribution in [3.8, 4) is 0 Å². The SMILES string of the molecule is O=C1COC2(CCN(C(=O)c3ccc(Cl)cn3)C2)CN1. The van der Waals surface area contributed by atoms with Gasteiger partial charge >= 0.3 is 0 Å². The lowest BCUT2D eigenvalue weighted by molar-refractivity contribution is -0.141. The maximum Gasteiger partial charge on any atom is 0.272 e. The van der Waals surface area contributed by atoms with Crippen LogP contribution in [0.15, 0.2) is 18.3 Å². The van der Waals surface area contributed by atoms with Gasteiger partial charge in [0.25, 0.3) is 5.91 Å². The van der Waals surface area contributed by atoms with Crippen molar-refractivity contribution in [1.82, 2.24) is 15.2 Å². The van der Waals surface area contributed by atoms with Crippen molar-refractivity contribution in [3.63, 3.8) is 0 Å². The van der Waals surface area contributed by atoms with Gasteiger partial charge in [0.2, 0.25) is 5.91 Å². The molecule has 2 fully saturated rings. The first-order chi connectivity index (χ1) is 9.58. The van der Waals surface area contributed by atoms with Gasteiger partial charge in [-0.15, -0.1) is 0 Å². The third-order valence-electron chi connectivity index (χ3n) is 3.67. The van der Waals surface area contributed by atoms with E-state index in [-0.39, 0.29) is 18.4 Å². The molecule has 1 unspecified atom stereocenters. The number of likely N-dealkylation sites (tertiary alicyclic amines) is 1. The van der Waals surface area contributed by atoms with Gasteiger partial charge in [0.05, 0.1) is 11.6 Å². The van der Waals surface area contributed by atoms with Gasteiger partial charge in [-0.2, -0.15) is 0 Å². The highest BCUT2D eigenvalue weighted by Gasteiger charge is 2.43. The minimum Gasteiger partial charge on any atom is -0.361 e. The predicted octanol–water partition coefficient (Wildman–Crippen LogP) is 0.466. The van der Waals surface area contributed by atoms with Gasteiger partial charge < -0.3 is 15.0 Å². The van der Waals surface area contributed by atoms with E-state index in [9.17, 15) is 9.59 Å². The normalized spacial score (nSPS) is 25.9. The molecule has 2 aliphatic rings. The van der Waals surface area contributed by atoms with E-state index in [2.05, 4.69) is 10.3 Å². The summed E-state index contributed by atoms with van der Waals surface area (Å²) in [7, 11) is 0. The Labute approximate surface area is 121 Å². The number of carbonyl (C=O) groups excluding carboxylic acids is 2. The second kappa shape index (κ2) is 5.03. The van der Waals surface area contributed by atoms with Crippen LogP contribution in [-0.4, -0.2) is 53.5 Å². The van der Waals surface area contributed by atoms with Crippen molar-refractivity contribution in [2.45, 2.75) is 12.0 Å². The summed E-state index contributed by atoms with van der Waals surface area (Å²) in [6, 6.07) is 3.25. The van der Waals surface area contributed by atoms with Gasteiger partial charge in [-0.3, -0.25) is 9.59 Å². The molecule has 20 heavy (non-hydrogen) atoms. The van der Waals surface area contributed by atoms with Crippen molar-refractivity contribution < 1.29 is 14.3 Å². The fraction of sp³-hybridized carbons (Fsp3) is 0.462. The number of amides is 2. The van der Waals surface area contributed by atoms with Crippen LogP contribution in [0.4, 0.5) is 0 Å². The van der Waals surface area contributed by atoms with Crippen LogP contribution in [0, 0.1) is 0 Å². The largest absolute Gasteiger partial charge is 0.361 e. The highest BCUT2D eigenvalue weighted by atomic mass is 35.5. The number of rotatable bonds is 1. The Morgan fingerprint density at radius 3 is 3.00 bits per heavy atom. The molecule has 0 aliphatic carbocycles. The smallest absolute Gasteiger partial charge is 0.272 e. The number of hydrogen-bond donors (Lipinski definition) is 1. The number of nitrogens with one attached hydrogen (secondary N) is 1. The van der Waals surface area contributed by atoms with Crippen molar-refractivity contribution >= 4 is 23.4 Å². The molecule has 0 bridgehead atoms. The first-order valence-electron chi connectivity index (χ1n) is 6.40. The second-order valence-electron chi connectivity index (χ2n) is 5.09. The number of hydrogen-bond acceptors (Lipinski definition) is 4. The van der Waals surface area contributed by atoms with Crippen molar-refractivity contribution in [1.29, 1.82) is 0 Å². The lowest BCUT2D eigenvalue weighted by Crippen LogP contribution is -2.54. The summed E-state index contributed by atoms with van der Waals surface area (Å²) in [5, 5.41) is 3.28. The van der Waals surface area contributed by atoms with Crippen LogP contribution in [0.2, 0.25) is 5.02 Å². The van der Waals surface area contributed by atoms with Crippen LogP contribution in [-0.2, 0) is 9.53 Å². The first-order valence-corrected chi connectivity index (χ1v) is 6.77. The third-order valence-corrected chi connectivity index (χ3v) is 3.89. The molecule has 2 amide bonds. The number of pyridine rings is 1. The zero-order valence-electron chi connectivity index (χ0n) is 10.8. The monoisotopic (exact) mass is 295 g/mol. The molecule has 3 heterocycles. The standard InChI is InChI=1S/C13H14ClN3O3/c14-9-1-2-10(15-5-9)12(19)17-4-3-13(8-17)7-16-11(18)6-20-13/h1-2,5H,3-4,6-8H2,(H,16,18). The lowest BCUT2D eigenvalue weighted by Gasteiger charge is -2.33. The molecule has 7 heteroatoms. The minimum atomic E-state index is -0.448. The predicted molar refractivity (Wildman–Crippen MR) is 71.5 cm³/mol. The van der Waals surface area contributed by atoms with Gasteiger partial charge in [0.15, 0.2) is 0 Å². The second-order valence-corrected chi connectivity index (χ2v) is 5.52. The van der Waals surface area contributed by atoms with E-state index in [0.717, 1.165) is 0 Å². The Morgan fingerprint density at radius 2 is 2.35 bits per heavy atom. The molecule has 6 nitrogen and oxygen atoms in total. The van der Waals surface area contributed by atoms with Crippen LogP contribution in [0.25, 0.3) is 0 Å². The molecule has 1 atom stereocenters. The molecule has 3 rings (SSSR count). The van der Waals surface area contributed by atoms with Gasteiger partial charge in [-0.25, -0.2) is 4.98 Å². The highest BCUT2D eigenvalue weighted by Crippen LogP contribution is 2.27. The van der Waals surface area contributed by atoms with Crippen LogP contribution >= 0.6 is 11.6 Å². The molecule has 0 saturated carbocycles. The number of carbonyl (C=O) groups is 2. The molecule has 2 saturated heterocycles. The molecule has 106 valence electrons. The van der Waals surface area contributed by atoms with Crippen LogP contribution in [0.5, 0.6) is 0 Å². The number of aromatic nitrogens is 1. The first kappa shape index (κ1) is 13.3. The fourth-order valence-electron chi connectivity index (χ4n) is 2.52. The summed E-state index contributed by atoms with van der Waals surface area (Å²) in [6.45, 7) is 1.57. The number of halogens is 1. The van der Waals surface area contributed by atoms with E-state index in [1.54, 1.807) is 17.0 Å². The third kappa shape index (κ3) is 2.48. The summed E-state index contributed by atoms with van der Waals surface area (Å²) in [5.41, 5.74) is -0.0815. The van der Waals surface area contributed by atoms with E-state index < -0.39 is 5.60 Å². The van der Waals surface area contributed by atoms with Gasteiger partial charge in [0, 0.05) is 19.3 Å². The number of ether oxygens (including phenoxy) is 1. The maximum absolute atomic E-state index is 12.3. The molecule has 0 radical (unpaired) electrons. The Balaban J connectivity index is 1.69. The molecular formula is C13H14ClN3O3. The molecule has 1 aromatic heterocycles. The average molecular weight is 296 g/mol. The summed E-state index contributed by atoms with van der Waals surface area (Å²) >= 11 is 5.76.